The molecule has 0 spiro atoms. The van der Waals surface area contributed by atoms with Gasteiger partial charge >= 0.3 is 0 Å². The molecule has 10 nitrogen and oxygen atoms in total. The second-order valence-electron chi connectivity index (χ2n) is 7.95. The van der Waals surface area contributed by atoms with E-state index in [0.717, 1.165) is 42.6 Å². The van der Waals surface area contributed by atoms with Gasteiger partial charge in [-0.05, 0) is 57.0 Å². The Bertz CT molecular complexity index is 1360. The first-order chi connectivity index (χ1) is 16.5. The second-order valence-corrected chi connectivity index (χ2v) is 9.13. The molecule has 4 aromatic rings. The van der Waals surface area contributed by atoms with Crippen molar-refractivity contribution in [3.8, 4) is 17.1 Å². The molecule has 0 aliphatic carbocycles. The average Bonchev–Trinajstić information content (AvgIpc) is 3.14. The van der Waals surface area contributed by atoms with Crippen LogP contribution in [0.3, 0.4) is 0 Å². The predicted molar refractivity (Wildman–Crippen MR) is 131 cm³/mol. The summed E-state index contributed by atoms with van der Waals surface area (Å²) >= 11 is 1.68. The molecule has 5 rings (SSSR count). The van der Waals surface area contributed by atoms with Gasteiger partial charge in [-0.15, -0.1) is 5.10 Å². The van der Waals surface area contributed by atoms with E-state index < -0.39 is 0 Å². The molecular weight excluding hydrogens is 452 g/mol. The number of hydrogen-bond donors (Lipinski definition) is 1. The van der Waals surface area contributed by atoms with Crippen LogP contribution in [0.15, 0.2) is 46.3 Å². The normalized spacial score (nSPS) is 14.6. The summed E-state index contributed by atoms with van der Waals surface area (Å²) in [6.45, 7) is 9.55. The van der Waals surface area contributed by atoms with Crippen molar-refractivity contribution in [2.24, 2.45) is 0 Å². The maximum atomic E-state index is 12.8. The Morgan fingerprint density at radius 1 is 1.12 bits per heavy atom. The highest BCUT2D eigenvalue weighted by Crippen LogP contribution is 2.34. The van der Waals surface area contributed by atoms with Crippen LogP contribution in [-0.2, 0) is 0 Å². The van der Waals surface area contributed by atoms with Gasteiger partial charge < -0.3 is 14.6 Å². The molecule has 0 saturated carbocycles. The molecule has 0 amide bonds. The van der Waals surface area contributed by atoms with Crippen LogP contribution >= 0.6 is 11.9 Å². The van der Waals surface area contributed by atoms with E-state index in [4.69, 9.17) is 4.74 Å². The maximum Gasteiger partial charge on any atom is 0.277 e. The van der Waals surface area contributed by atoms with E-state index in [1.165, 1.54) is 0 Å². The van der Waals surface area contributed by atoms with Crippen LogP contribution in [0.4, 0.5) is 5.95 Å². The molecule has 0 bridgehead atoms. The summed E-state index contributed by atoms with van der Waals surface area (Å²) in [6.07, 6.45) is 3.54. The molecule has 4 heterocycles. The Hall–Kier alpha value is -3.44. The van der Waals surface area contributed by atoms with Crippen LogP contribution in [-0.4, -0.2) is 66.6 Å². The molecular formula is C23H26N8O2S. The van der Waals surface area contributed by atoms with E-state index in [0.29, 0.717) is 35.2 Å². The van der Waals surface area contributed by atoms with Gasteiger partial charge in [-0.25, -0.2) is 23.8 Å². The Balaban J connectivity index is 1.40. The van der Waals surface area contributed by atoms with Crippen molar-refractivity contribution in [2.45, 2.75) is 25.7 Å². The first kappa shape index (κ1) is 22.4. The van der Waals surface area contributed by atoms with Crippen LogP contribution in [0.25, 0.3) is 16.9 Å². The van der Waals surface area contributed by atoms with Gasteiger partial charge in [0.25, 0.3) is 5.56 Å². The highest BCUT2D eigenvalue weighted by Gasteiger charge is 2.21. The topological polar surface area (TPSA) is 105 Å². The lowest BCUT2D eigenvalue weighted by Crippen LogP contribution is -2.44. The molecule has 1 aliphatic heterocycles. The highest BCUT2D eigenvalue weighted by molar-refractivity contribution is 7.97. The number of anilines is 1. The van der Waals surface area contributed by atoms with E-state index in [1.807, 2.05) is 45.0 Å². The molecule has 34 heavy (non-hydrogen) atoms. The van der Waals surface area contributed by atoms with Crippen LogP contribution in [0.1, 0.15) is 18.4 Å². The Morgan fingerprint density at radius 3 is 2.62 bits per heavy atom. The first-order valence-corrected chi connectivity index (χ1v) is 12.0. The molecule has 1 aliphatic rings. The van der Waals surface area contributed by atoms with Crippen LogP contribution < -0.4 is 15.2 Å². The number of imidazole rings is 1. The molecule has 11 heteroatoms. The third kappa shape index (κ3) is 4.36. The molecule has 1 N–H and O–H groups in total. The van der Waals surface area contributed by atoms with Gasteiger partial charge in [-0.2, -0.15) is 0 Å². The number of rotatable bonds is 6. The SMILES string of the molecule is CCOc1ccc(SN2CCN(c3ncccn3)CC2)cc1-c1nn2c(C)nc(C)c2c(=O)[nH]1. The lowest BCUT2D eigenvalue weighted by molar-refractivity contribution is 0.341. The van der Waals surface area contributed by atoms with Gasteiger partial charge in [-0.1, -0.05) is 0 Å². The fourth-order valence-electron chi connectivity index (χ4n) is 4.07. The minimum atomic E-state index is -0.220. The number of aryl methyl sites for hydroxylation is 2. The largest absolute Gasteiger partial charge is 0.493 e. The maximum absolute atomic E-state index is 12.8. The van der Waals surface area contributed by atoms with Gasteiger partial charge in [-0.3, -0.25) is 4.79 Å². The van der Waals surface area contributed by atoms with Gasteiger partial charge in [0.1, 0.15) is 11.6 Å². The number of nitrogens with one attached hydrogen (secondary N) is 1. The summed E-state index contributed by atoms with van der Waals surface area (Å²) in [7, 11) is 0. The lowest BCUT2D eigenvalue weighted by Gasteiger charge is -2.33. The zero-order valence-electron chi connectivity index (χ0n) is 19.4. The Morgan fingerprint density at radius 2 is 1.88 bits per heavy atom. The molecule has 0 unspecified atom stereocenters. The quantitative estimate of drug-likeness (QED) is 0.419. The minimum Gasteiger partial charge on any atom is -0.493 e. The standard InChI is InChI=1S/C23H26N8O2S/c1-4-33-19-7-6-17(34-30-12-10-29(11-13-30)23-24-8-5-9-25-23)14-18(19)21-27-22(32)20-15(2)26-16(3)31(20)28-21/h5-9,14H,4,10-13H2,1-3H3,(H,27,28,32). The summed E-state index contributed by atoms with van der Waals surface area (Å²) in [4.78, 5) is 32.1. The zero-order chi connectivity index (χ0) is 23.7. The van der Waals surface area contributed by atoms with Crippen molar-refractivity contribution in [2.75, 3.05) is 37.7 Å². The lowest BCUT2D eigenvalue weighted by atomic mass is 10.2. The van der Waals surface area contributed by atoms with Gasteiger partial charge in [0.2, 0.25) is 5.95 Å². The van der Waals surface area contributed by atoms with Crippen LogP contribution in [0.2, 0.25) is 0 Å². The van der Waals surface area contributed by atoms with E-state index in [9.17, 15) is 4.79 Å². The summed E-state index contributed by atoms with van der Waals surface area (Å²) < 4.78 is 9.78. The van der Waals surface area contributed by atoms with Crippen molar-refractivity contribution in [1.29, 1.82) is 0 Å². The first-order valence-electron chi connectivity index (χ1n) is 11.2. The molecule has 1 fully saturated rings. The molecule has 1 saturated heterocycles. The van der Waals surface area contributed by atoms with Crippen molar-refractivity contribution in [1.82, 2.24) is 33.9 Å². The third-order valence-corrected chi connectivity index (χ3v) is 6.74. The number of fused-ring (bicyclic) bond motifs is 1. The number of piperazine rings is 1. The third-order valence-electron chi connectivity index (χ3n) is 5.65. The molecule has 1 aromatic carbocycles. The Labute approximate surface area is 201 Å². The van der Waals surface area contributed by atoms with E-state index in [1.54, 1.807) is 28.9 Å². The molecule has 176 valence electrons. The van der Waals surface area contributed by atoms with Gasteiger partial charge in [0, 0.05) is 43.5 Å². The zero-order valence-corrected chi connectivity index (χ0v) is 20.2. The summed E-state index contributed by atoms with van der Waals surface area (Å²) in [5, 5.41) is 4.68. The Kier molecular flexibility index (Phi) is 6.20. The smallest absolute Gasteiger partial charge is 0.277 e. The number of aromatic nitrogens is 6. The summed E-state index contributed by atoms with van der Waals surface area (Å²) in [6, 6.07) is 7.82. The van der Waals surface area contributed by atoms with Crippen LogP contribution in [0, 0.1) is 13.8 Å². The fourth-order valence-corrected chi connectivity index (χ4v) is 5.01. The molecule has 0 atom stereocenters. The highest BCUT2D eigenvalue weighted by atomic mass is 32.2. The van der Waals surface area contributed by atoms with Crippen molar-refractivity contribution in [3.63, 3.8) is 0 Å². The van der Waals surface area contributed by atoms with Gasteiger partial charge in [0.15, 0.2) is 11.3 Å². The van der Waals surface area contributed by atoms with Gasteiger partial charge in [0.05, 0.1) is 17.9 Å². The number of hydrogen-bond acceptors (Lipinski definition) is 9. The molecule has 3 aromatic heterocycles. The van der Waals surface area contributed by atoms with E-state index in [2.05, 4.69) is 34.2 Å². The fraction of sp³-hybridized carbons (Fsp3) is 0.348. The van der Waals surface area contributed by atoms with Crippen molar-refractivity contribution < 1.29 is 4.74 Å². The average molecular weight is 479 g/mol. The van der Waals surface area contributed by atoms with Crippen molar-refractivity contribution >= 4 is 23.4 Å². The van der Waals surface area contributed by atoms with Crippen molar-refractivity contribution in [3.05, 3.63) is 58.5 Å². The van der Waals surface area contributed by atoms with E-state index >= 15 is 0 Å². The number of H-pyrrole nitrogens is 1. The second kappa shape index (κ2) is 9.43. The number of aromatic amines is 1. The molecule has 0 radical (unpaired) electrons. The van der Waals surface area contributed by atoms with E-state index in [-0.39, 0.29) is 5.56 Å². The monoisotopic (exact) mass is 478 g/mol. The number of nitrogens with zero attached hydrogens (tertiary/aromatic N) is 7. The van der Waals surface area contributed by atoms with Crippen LogP contribution in [0.5, 0.6) is 5.75 Å². The number of benzene rings is 1. The number of ether oxygens (including phenoxy) is 1. The summed E-state index contributed by atoms with van der Waals surface area (Å²) in [5.74, 6) is 2.57. The predicted octanol–water partition coefficient (Wildman–Crippen LogP) is 2.72. The summed E-state index contributed by atoms with van der Waals surface area (Å²) in [5.41, 5.74) is 1.65. The minimum absolute atomic E-state index is 0.220.